The van der Waals surface area contributed by atoms with Gasteiger partial charge in [0.25, 0.3) is 11.1 Å². The number of halogens is 1. The van der Waals surface area contributed by atoms with Gasteiger partial charge >= 0.3 is 5.97 Å². The number of unbranched alkanes of at least 4 members (excludes halogenated alkanes) is 1. The van der Waals surface area contributed by atoms with Crippen LogP contribution in [0.1, 0.15) is 39.2 Å². The van der Waals surface area contributed by atoms with E-state index in [1.54, 1.807) is 18.2 Å². The van der Waals surface area contributed by atoms with Gasteiger partial charge in [-0.05, 0) is 71.7 Å². The van der Waals surface area contributed by atoms with Crippen LogP contribution in [0.3, 0.4) is 0 Å². The van der Waals surface area contributed by atoms with Crippen molar-refractivity contribution in [1.82, 2.24) is 4.90 Å². The maximum absolute atomic E-state index is 12.5. The predicted octanol–water partition coefficient (Wildman–Crippen LogP) is 4.62. The summed E-state index contributed by atoms with van der Waals surface area (Å²) >= 11 is 4.25. The summed E-state index contributed by atoms with van der Waals surface area (Å²) < 4.78 is 11.4. The van der Waals surface area contributed by atoms with Gasteiger partial charge in [-0.25, -0.2) is 0 Å². The molecule has 2 rings (SSSR count). The number of esters is 1. The number of imide groups is 1. The first-order chi connectivity index (χ1) is 12.8. The summed E-state index contributed by atoms with van der Waals surface area (Å²) in [6.07, 6.45) is 3.31. The van der Waals surface area contributed by atoms with Gasteiger partial charge in [0.15, 0.2) is 0 Å². The summed E-state index contributed by atoms with van der Waals surface area (Å²) in [6, 6.07) is 5.41. The van der Waals surface area contributed by atoms with Crippen LogP contribution in [0.2, 0.25) is 0 Å². The van der Waals surface area contributed by atoms with Crippen LogP contribution in [-0.2, 0) is 14.3 Å². The second kappa shape index (κ2) is 9.94. The maximum Gasteiger partial charge on any atom is 0.326 e. The van der Waals surface area contributed by atoms with Gasteiger partial charge in [0.1, 0.15) is 12.3 Å². The molecule has 0 radical (unpaired) electrons. The third-order valence-corrected chi connectivity index (χ3v) is 5.07. The van der Waals surface area contributed by atoms with E-state index in [9.17, 15) is 14.4 Å². The van der Waals surface area contributed by atoms with E-state index in [-0.39, 0.29) is 17.6 Å². The zero-order valence-electron chi connectivity index (χ0n) is 15.5. The highest BCUT2D eigenvalue weighted by molar-refractivity contribution is 9.10. The van der Waals surface area contributed by atoms with Crippen LogP contribution in [0, 0.1) is 0 Å². The summed E-state index contributed by atoms with van der Waals surface area (Å²) in [5.41, 5.74) is 0.744. The maximum atomic E-state index is 12.5. The molecule has 1 fully saturated rings. The van der Waals surface area contributed by atoms with Crippen LogP contribution < -0.4 is 4.74 Å². The Bertz CT molecular complexity index is 762. The highest BCUT2D eigenvalue weighted by atomic mass is 79.9. The lowest BCUT2D eigenvalue weighted by Crippen LogP contribution is -2.34. The Balaban J connectivity index is 2.07. The Morgan fingerprint density at radius 1 is 1.33 bits per heavy atom. The number of hydrogen-bond acceptors (Lipinski definition) is 6. The smallest absolute Gasteiger partial charge is 0.326 e. The molecule has 27 heavy (non-hydrogen) atoms. The van der Waals surface area contributed by atoms with Gasteiger partial charge in [-0.1, -0.05) is 19.4 Å². The number of ether oxygens (including phenoxy) is 2. The minimum Gasteiger partial charge on any atom is -0.490 e. The van der Waals surface area contributed by atoms with E-state index in [1.165, 1.54) is 0 Å². The monoisotopic (exact) mass is 455 g/mol. The second-order valence-corrected chi connectivity index (χ2v) is 8.05. The molecule has 1 aromatic rings. The van der Waals surface area contributed by atoms with E-state index < -0.39 is 17.1 Å². The van der Waals surface area contributed by atoms with Crippen LogP contribution in [0.15, 0.2) is 27.6 Å². The highest BCUT2D eigenvalue weighted by Crippen LogP contribution is 2.34. The lowest BCUT2D eigenvalue weighted by atomic mass is 10.2. The molecule has 146 valence electrons. The number of hydrogen-bond donors (Lipinski definition) is 0. The zero-order chi connectivity index (χ0) is 20.0. The lowest BCUT2D eigenvalue weighted by Gasteiger charge is -2.12. The number of thioether (sulfide) groups is 1. The molecule has 0 spiro atoms. The molecule has 0 saturated carbocycles. The third-order valence-electron chi connectivity index (χ3n) is 3.54. The van der Waals surface area contributed by atoms with Gasteiger partial charge in [-0.2, -0.15) is 0 Å². The molecular weight excluding hydrogens is 434 g/mol. The van der Waals surface area contributed by atoms with Gasteiger partial charge in [0.2, 0.25) is 0 Å². The number of carbonyl (C=O) groups excluding carboxylic acids is 3. The zero-order valence-corrected chi connectivity index (χ0v) is 17.9. The van der Waals surface area contributed by atoms with E-state index in [1.807, 2.05) is 26.8 Å². The van der Waals surface area contributed by atoms with Crippen molar-refractivity contribution < 1.29 is 23.9 Å². The van der Waals surface area contributed by atoms with E-state index in [2.05, 4.69) is 15.9 Å². The van der Waals surface area contributed by atoms with Gasteiger partial charge in [0.05, 0.1) is 22.1 Å². The molecule has 0 atom stereocenters. The standard InChI is InChI=1S/C19H22BrNO5S/c1-4-5-8-25-17(22)11-21-18(23)16(27-19(21)24)10-13-6-7-15(14(20)9-13)26-12(2)3/h6-7,9-10,12H,4-5,8,11H2,1-3H3/b16-10-. The van der Waals surface area contributed by atoms with Crippen LogP contribution in [0.4, 0.5) is 4.79 Å². The quantitative estimate of drug-likeness (QED) is 0.323. The highest BCUT2D eigenvalue weighted by Gasteiger charge is 2.36. The van der Waals surface area contributed by atoms with Gasteiger partial charge in [-0.15, -0.1) is 0 Å². The Hall–Kier alpha value is -1.80. The van der Waals surface area contributed by atoms with Crippen molar-refractivity contribution in [3.63, 3.8) is 0 Å². The molecule has 2 amide bonds. The fourth-order valence-electron chi connectivity index (χ4n) is 2.25. The molecule has 1 saturated heterocycles. The predicted molar refractivity (Wildman–Crippen MR) is 108 cm³/mol. The number of amides is 2. The molecule has 0 aromatic heterocycles. The number of nitrogens with zero attached hydrogens (tertiary/aromatic N) is 1. The Morgan fingerprint density at radius 2 is 2.07 bits per heavy atom. The molecule has 0 unspecified atom stereocenters. The molecule has 0 aliphatic carbocycles. The van der Waals surface area contributed by atoms with Crippen molar-refractivity contribution in [3.05, 3.63) is 33.1 Å². The van der Waals surface area contributed by atoms with Crippen LogP contribution in [0.25, 0.3) is 6.08 Å². The van der Waals surface area contributed by atoms with Gasteiger partial charge in [-0.3, -0.25) is 19.3 Å². The normalized spacial score (nSPS) is 15.7. The van der Waals surface area contributed by atoms with Crippen LogP contribution >= 0.6 is 27.7 Å². The van der Waals surface area contributed by atoms with Crippen molar-refractivity contribution in [3.8, 4) is 5.75 Å². The van der Waals surface area contributed by atoms with Crippen LogP contribution in [-0.4, -0.2) is 41.3 Å². The summed E-state index contributed by atoms with van der Waals surface area (Å²) in [4.78, 5) is 37.5. The molecule has 0 bridgehead atoms. The Labute approximate surface area is 171 Å². The average molecular weight is 456 g/mol. The third kappa shape index (κ3) is 6.10. The van der Waals surface area contributed by atoms with Crippen LogP contribution in [0.5, 0.6) is 5.75 Å². The Morgan fingerprint density at radius 3 is 2.70 bits per heavy atom. The van der Waals surface area contributed by atoms with Crippen molar-refractivity contribution in [2.24, 2.45) is 0 Å². The molecule has 1 aromatic carbocycles. The van der Waals surface area contributed by atoms with E-state index in [0.717, 1.165) is 39.5 Å². The summed E-state index contributed by atoms with van der Waals surface area (Å²) in [5, 5.41) is -0.475. The molecule has 1 heterocycles. The molecule has 6 nitrogen and oxygen atoms in total. The summed E-state index contributed by atoms with van der Waals surface area (Å²) in [7, 11) is 0. The lowest BCUT2D eigenvalue weighted by molar-refractivity contribution is -0.146. The minimum atomic E-state index is -0.579. The van der Waals surface area contributed by atoms with E-state index in [0.29, 0.717) is 12.4 Å². The summed E-state index contributed by atoms with van der Waals surface area (Å²) in [6.45, 7) is 5.78. The molecular formula is C19H22BrNO5S. The fourth-order valence-corrected chi connectivity index (χ4v) is 3.58. The Kier molecular flexibility index (Phi) is 7.91. The van der Waals surface area contributed by atoms with Crippen molar-refractivity contribution in [2.45, 2.75) is 39.7 Å². The molecule has 1 aliphatic heterocycles. The number of rotatable bonds is 8. The van der Waals surface area contributed by atoms with Gasteiger partial charge < -0.3 is 9.47 Å². The van der Waals surface area contributed by atoms with Crippen molar-refractivity contribution >= 4 is 50.9 Å². The minimum absolute atomic E-state index is 0.0423. The SMILES string of the molecule is CCCCOC(=O)CN1C(=O)S/C(=C\c2ccc(OC(C)C)c(Br)c2)C1=O. The molecule has 1 aliphatic rings. The topological polar surface area (TPSA) is 72.9 Å². The first-order valence-corrected chi connectivity index (χ1v) is 10.3. The molecule has 0 N–H and O–H groups in total. The van der Waals surface area contributed by atoms with Gasteiger partial charge in [0, 0.05) is 0 Å². The largest absolute Gasteiger partial charge is 0.490 e. The van der Waals surface area contributed by atoms with E-state index in [4.69, 9.17) is 9.47 Å². The average Bonchev–Trinajstić information content (AvgIpc) is 2.85. The second-order valence-electron chi connectivity index (χ2n) is 6.20. The number of benzene rings is 1. The number of carbonyl (C=O) groups is 3. The summed E-state index contributed by atoms with van der Waals surface area (Å²) in [5.74, 6) is -0.369. The molecule has 8 heteroatoms. The van der Waals surface area contributed by atoms with Crippen molar-refractivity contribution in [2.75, 3.05) is 13.2 Å². The first kappa shape index (κ1) is 21.5. The fraction of sp³-hybridized carbons (Fsp3) is 0.421. The first-order valence-electron chi connectivity index (χ1n) is 8.69. The van der Waals surface area contributed by atoms with Crippen molar-refractivity contribution in [1.29, 1.82) is 0 Å². The van der Waals surface area contributed by atoms with E-state index >= 15 is 0 Å².